The fourth-order valence-corrected chi connectivity index (χ4v) is 4.18. The molecule has 1 aromatic heterocycles. The van der Waals surface area contributed by atoms with Crippen molar-refractivity contribution in [2.75, 3.05) is 38.2 Å². The van der Waals surface area contributed by atoms with Gasteiger partial charge in [-0.05, 0) is 49.6 Å². The Morgan fingerprint density at radius 1 is 1.37 bits per heavy atom. The van der Waals surface area contributed by atoms with Crippen molar-refractivity contribution in [3.8, 4) is 6.07 Å². The summed E-state index contributed by atoms with van der Waals surface area (Å²) in [6, 6.07) is 7.96. The maximum atomic E-state index is 13.2. The highest BCUT2D eigenvalue weighted by Gasteiger charge is 2.33. The van der Waals surface area contributed by atoms with Crippen LogP contribution in [0.15, 0.2) is 30.5 Å². The molecule has 2 aromatic rings. The second kappa shape index (κ2) is 8.81. The number of nitrogens with zero attached hydrogens (tertiary/aromatic N) is 4. The molecule has 158 valence electrons. The van der Waals surface area contributed by atoms with Gasteiger partial charge >= 0.3 is 0 Å². The molecule has 0 aliphatic carbocycles. The van der Waals surface area contributed by atoms with Crippen LogP contribution in [0.3, 0.4) is 0 Å². The third kappa shape index (κ3) is 4.45. The van der Waals surface area contributed by atoms with Crippen LogP contribution in [0.2, 0.25) is 0 Å². The van der Waals surface area contributed by atoms with Gasteiger partial charge in [0.25, 0.3) is 5.91 Å². The van der Waals surface area contributed by atoms with Gasteiger partial charge in [-0.15, -0.1) is 0 Å². The first-order valence-electron chi connectivity index (χ1n) is 10.1. The molecular formula is C21H25FN6O2. The number of hydrogen-bond donors (Lipinski definition) is 2. The van der Waals surface area contributed by atoms with Crippen molar-refractivity contribution in [1.82, 2.24) is 14.7 Å². The normalized spacial score (nSPS) is 24.5. The van der Waals surface area contributed by atoms with Crippen molar-refractivity contribution in [2.45, 2.75) is 18.9 Å². The standard InChI is InChI=1S/C21H25FN6O2/c22-16-1-3-17(4-2-16)25-21-18(20(24)29)11-28(26-21)19-12-27(7-5-15(19)9-23)10-14-6-8-30-13-14/h1-4,11,14-15,19H,5-8,10,12-13H2,(H2,24,29)(H,25,26)/t14?,15-,19?/m0/s1. The molecule has 1 amide bonds. The lowest BCUT2D eigenvalue weighted by Gasteiger charge is -2.36. The number of rotatable bonds is 6. The molecule has 2 aliphatic heterocycles. The molecule has 2 fully saturated rings. The van der Waals surface area contributed by atoms with E-state index in [1.165, 1.54) is 12.1 Å². The first-order chi connectivity index (χ1) is 14.5. The Hall–Kier alpha value is -2.96. The zero-order valence-corrected chi connectivity index (χ0v) is 16.6. The Kier molecular flexibility index (Phi) is 5.97. The summed E-state index contributed by atoms with van der Waals surface area (Å²) >= 11 is 0. The largest absolute Gasteiger partial charge is 0.381 e. The molecule has 9 heteroatoms. The highest BCUT2D eigenvalue weighted by Crippen LogP contribution is 2.30. The second-order valence-corrected chi connectivity index (χ2v) is 7.95. The summed E-state index contributed by atoms with van der Waals surface area (Å²) in [4.78, 5) is 14.3. The maximum Gasteiger partial charge on any atom is 0.254 e. The molecular weight excluding hydrogens is 387 g/mol. The lowest BCUT2D eigenvalue weighted by molar-refractivity contribution is 0.0999. The molecule has 0 saturated carbocycles. The van der Waals surface area contributed by atoms with Gasteiger partial charge in [0, 0.05) is 31.6 Å². The molecule has 1 aromatic carbocycles. The fourth-order valence-electron chi connectivity index (χ4n) is 4.18. The minimum Gasteiger partial charge on any atom is -0.381 e. The van der Waals surface area contributed by atoms with Gasteiger partial charge in [-0.3, -0.25) is 9.48 Å². The van der Waals surface area contributed by atoms with Gasteiger partial charge in [-0.25, -0.2) is 4.39 Å². The molecule has 8 nitrogen and oxygen atoms in total. The molecule has 3 atom stereocenters. The zero-order valence-electron chi connectivity index (χ0n) is 16.6. The van der Waals surface area contributed by atoms with Crippen LogP contribution >= 0.6 is 0 Å². The number of primary amides is 1. The van der Waals surface area contributed by atoms with Crippen molar-refractivity contribution in [2.24, 2.45) is 17.6 Å². The van der Waals surface area contributed by atoms with E-state index >= 15 is 0 Å². The number of nitrogens with two attached hydrogens (primary N) is 1. The van der Waals surface area contributed by atoms with Crippen LogP contribution in [0.1, 0.15) is 29.2 Å². The Balaban J connectivity index is 1.56. The number of hydrogen-bond acceptors (Lipinski definition) is 6. The molecule has 3 heterocycles. The molecule has 2 saturated heterocycles. The Labute approximate surface area is 174 Å². The molecule has 0 bridgehead atoms. The van der Waals surface area contributed by atoms with E-state index in [2.05, 4.69) is 21.4 Å². The molecule has 2 unspecified atom stereocenters. The van der Waals surface area contributed by atoms with Gasteiger partial charge in [0.2, 0.25) is 0 Å². The third-order valence-corrected chi connectivity index (χ3v) is 5.82. The smallest absolute Gasteiger partial charge is 0.254 e. The van der Waals surface area contributed by atoms with Crippen LogP contribution in [0, 0.1) is 29.0 Å². The number of nitrogens with one attached hydrogen (secondary N) is 1. The highest BCUT2D eigenvalue weighted by atomic mass is 19.1. The van der Waals surface area contributed by atoms with Crippen LogP contribution in [-0.2, 0) is 4.74 Å². The van der Waals surface area contributed by atoms with Crippen LogP contribution in [-0.4, -0.2) is 53.4 Å². The number of amides is 1. The van der Waals surface area contributed by atoms with Crippen LogP contribution in [0.25, 0.3) is 0 Å². The molecule has 2 aliphatic rings. The van der Waals surface area contributed by atoms with Crippen molar-refractivity contribution in [3.63, 3.8) is 0 Å². The van der Waals surface area contributed by atoms with E-state index in [4.69, 9.17) is 10.5 Å². The average molecular weight is 412 g/mol. The summed E-state index contributed by atoms with van der Waals surface area (Å²) in [5.41, 5.74) is 6.38. The Morgan fingerprint density at radius 3 is 2.83 bits per heavy atom. The maximum absolute atomic E-state index is 13.2. The zero-order chi connectivity index (χ0) is 21.1. The van der Waals surface area contributed by atoms with E-state index in [9.17, 15) is 14.4 Å². The predicted octanol–water partition coefficient (Wildman–Crippen LogP) is 2.29. The summed E-state index contributed by atoms with van der Waals surface area (Å²) in [7, 11) is 0. The van der Waals surface area contributed by atoms with Gasteiger partial charge in [-0.2, -0.15) is 10.4 Å². The van der Waals surface area contributed by atoms with Crippen molar-refractivity contribution in [3.05, 3.63) is 41.8 Å². The number of aromatic nitrogens is 2. The molecule has 3 N–H and O–H groups in total. The summed E-state index contributed by atoms with van der Waals surface area (Å²) in [5.74, 6) is -0.366. The number of carbonyl (C=O) groups excluding carboxylic acids is 1. The van der Waals surface area contributed by atoms with Crippen molar-refractivity contribution < 1.29 is 13.9 Å². The molecule has 0 spiro atoms. The fraction of sp³-hybridized carbons (Fsp3) is 0.476. The monoisotopic (exact) mass is 412 g/mol. The quantitative estimate of drug-likeness (QED) is 0.753. The molecule has 30 heavy (non-hydrogen) atoms. The minimum absolute atomic E-state index is 0.187. The third-order valence-electron chi connectivity index (χ3n) is 5.82. The second-order valence-electron chi connectivity index (χ2n) is 7.95. The number of anilines is 2. The van der Waals surface area contributed by atoms with Gasteiger partial charge in [0.1, 0.15) is 11.4 Å². The van der Waals surface area contributed by atoms with Gasteiger partial charge in [0.15, 0.2) is 5.82 Å². The first kappa shape index (κ1) is 20.3. The molecule has 4 rings (SSSR count). The van der Waals surface area contributed by atoms with E-state index in [0.29, 0.717) is 24.0 Å². The van der Waals surface area contributed by atoms with E-state index in [-0.39, 0.29) is 23.3 Å². The van der Waals surface area contributed by atoms with E-state index in [1.807, 2.05) is 0 Å². The summed E-state index contributed by atoms with van der Waals surface area (Å²) in [6.45, 7) is 4.05. The average Bonchev–Trinajstić information content (AvgIpc) is 3.40. The minimum atomic E-state index is -0.616. The lowest BCUT2D eigenvalue weighted by atomic mass is 9.92. The number of carbonyl (C=O) groups is 1. The van der Waals surface area contributed by atoms with Crippen LogP contribution < -0.4 is 11.1 Å². The van der Waals surface area contributed by atoms with E-state index in [1.54, 1.807) is 23.0 Å². The van der Waals surface area contributed by atoms with Crippen LogP contribution in [0.5, 0.6) is 0 Å². The SMILES string of the molecule is N#C[C@@H]1CCN(CC2CCOC2)CC1n1cc(C(N)=O)c(Nc2ccc(F)cc2)n1. The van der Waals surface area contributed by atoms with Gasteiger partial charge in [-0.1, -0.05) is 0 Å². The highest BCUT2D eigenvalue weighted by molar-refractivity contribution is 5.98. The lowest BCUT2D eigenvalue weighted by Crippen LogP contribution is -2.43. The van der Waals surface area contributed by atoms with Crippen molar-refractivity contribution >= 4 is 17.4 Å². The number of benzene rings is 1. The number of nitriles is 1. The predicted molar refractivity (Wildman–Crippen MR) is 109 cm³/mol. The van der Waals surface area contributed by atoms with E-state index < -0.39 is 5.91 Å². The first-order valence-corrected chi connectivity index (χ1v) is 10.1. The number of likely N-dealkylation sites (tertiary alicyclic amines) is 1. The van der Waals surface area contributed by atoms with Gasteiger partial charge < -0.3 is 20.7 Å². The molecule has 0 radical (unpaired) electrons. The summed E-state index contributed by atoms with van der Waals surface area (Å²) < 4.78 is 20.3. The summed E-state index contributed by atoms with van der Waals surface area (Å²) in [5, 5.41) is 17.2. The van der Waals surface area contributed by atoms with E-state index in [0.717, 1.165) is 39.1 Å². The number of halogens is 1. The number of piperidine rings is 1. The van der Waals surface area contributed by atoms with Crippen LogP contribution in [0.4, 0.5) is 15.9 Å². The van der Waals surface area contributed by atoms with Gasteiger partial charge in [0.05, 0.1) is 24.6 Å². The Bertz CT molecular complexity index is 932. The topological polar surface area (TPSA) is 109 Å². The number of ether oxygens (including phenoxy) is 1. The van der Waals surface area contributed by atoms with Crippen molar-refractivity contribution in [1.29, 1.82) is 5.26 Å². The Morgan fingerprint density at radius 2 is 2.17 bits per heavy atom. The summed E-state index contributed by atoms with van der Waals surface area (Å²) in [6.07, 6.45) is 3.40.